The third-order valence-corrected chi connectivity index (χ3v) is 5.21. The van der Waals surface area contributed by atoms with E-state index in [0.717, 1.165) is 44.6 Å². The highest BCUT2D eigenvalue weighted by molar-refractivity contribution is 5.96. The number of hydrogen-bond donors (Lipinski definition) is 1. The number of carbonyl (C=O) groups is 3. The average molecular weight is 499 g/mol. The highest BCUT2D eigenvalue weighted by atomic mass is 16.6. The Morgan fingerprint density at radius 2 is 1.50 bits per heavy atom. The minimum atomic E-state index is -0.704. The largest absolute Gasteiger partial charge is 0.504 e. The zero-order chi connectivity index (χ0) is 26.2. The van der Waals surface area contributed by atoms with E-state index >= 15 is 0 Å². The van der Waals surface area contributed by atoms with Gasteiger partial charge in [-0.3, -0.25) is 0 Å². The summed E-state index contributed by atoms with van der Waals surface area (Å²) in [6.07, 6.45) is 6.80. The number of rotatable bonds is 16. The van der Waals surface area contributed by atoms with Crippen LogP contribution in [0.3, 0.4) is 0 Å². The van der Waals surface area contributed by atoms with Gasteiger partial charge in [-0.15, -0.1) is 0 Å². The SMILES string of the molecule is C=CC(=O)OCCCCCCOc1ccc(C(=O)OCCCCC)c(O)c1OC(=O)c1ccccc1. The summed E-state index contributed by atoms with van der Waals surface area (Å²) >= 11 is 0. The first kappa shape index (κ1) is 28.4. The van der Waals surface area contributed by atoms with Crippen molar-refractivity contribution in [3.63, 3.8) is 0 Å². The van der Waals surface area contributed by atoms with Crippen LogP contribution in [0.15, 0.2) is 55.1 Å². The van der Waals surface area contributed by atoms with E-state index in [-0.39, 0.29) is 29.2 Å². The van der Waals surface area contributed by atoms with Crippen LogP contribution in [-0.4, -0.2) is 42.8 Å². The summed E-state index contributed by atoms with van der Waals surface area (Å²) in [6, 6.07) is 11.2. The van der Waals surface area contributed by atoms with Gasteiger partial charge in [0.2, 0.25) is 5.75 Å². The summed E-state index contributed by atoms with van der Waals surface area (Å²) < 4.78 is 21.4. The molecule has 0 aromatic heterocycles. The number of ether oxygens (including phenoxy) is 4. The Balaban J connectivity index is 2.04. The average Bonchev–Trinajstić information content (AvgIpc) is 2.90. The number of hydrogen-bond acceptors (Lipinski definition) is 8. The predicted octanol–water partition coefficient (Wildman–Crippen LogP) is 5.63. The van der Waals surface area contributed by atoms with Crippen LogP contribution in [-0.2, 0) is 14.3 Å². The number of phenols is 1. The van der Waals surface area contributed by atoms with Gasteiger partial charge in [0, 0.05) is 6.08 Å². The highest BCUT2D eigenvalue weighted by Crippen LogP contribution is 2.40. The van der Waals surface area contributed by atoms with Crippen LogP contribution >= 0.6 is 0 Å². The molecule has 0 amide bonds. The van der Waals surface area contributed by atoms with Crippen LogP contribution in [0.2, 0.25) is 0 Å². The summed E-state index contributed by atoms with van der Waals surface area (Å²) in [6.45, 7) is 6.24. The van der Waals surface area contributed by atoms with Crippen LogP contribution in [0.4, 0.5) is 0 Å². The van der Waals surface area contributed by atoms with Crippen molar-refractivity contribution in [1.29, 1.82) is 0 Å². The molecule has 0 radical (unpaired) electrons. The second-order valence-electron chi connectivity index (χ2n) is 8.02. The second-order valence-corrected chi connectivity index (χ2v) is 8.02. The number of esters is 3. The molecule has 1 N–H and O–H groups in total. The minimum Gasteiger partial charge on any atom is -0.504 e. The predicted molar refractivity (Wildman–Crippen MR) is 134 cm³/mol. The molecule has 0 aliphatic rings. The molecule has 2 rings (SSSR count). The molecule has 0 saturated heterocycles. The van der Waals surface area contributed by atoms with E-state index in [9.17, 15) is 19.5 Å². The number of phenolic OH excluding ortho intramolecular Hbond substituents is 1. The number of aromatic hydroxyl groups is 1. The first-order chi connectivity index (χ1) is 17.5. The van der Waals surface area contributed by atoms with E-state index in [1.807, 2.05) is 6.92 Å². The maximum atomic E-state index is 12.6. The Morgan fingerprint density at radius 1 is 0.833 bits per heavy atom. The van der Waals surface area contributed by atoms with Gasteiger partial charge in [-0.05, 0) is 56.4 Å². The lowest BCUT2D eigenvalue weighted by Gasteiger charge is -2.15. The lowest BCUT2D eigenvalue weighted by molar-refractivity contribution is -0.137. The molecule has 0 aliphatic heterocycles. The van der Waals surface area contributed by atoms with Crippen molar-refractivity contribution in [1.82, 2.24) is 0 Å². The van der Waals surface area contributed by atoms with Gasteiger partial charge >= 0.3 is 17.9 Å². The summed E-state index contributed by atoms with van der Waals surface area (Å²) in [4.78, 5) is 36.2. The highest BCUT2D eigenvalue weighted by Gasteiger charge is 2.24. The maximum absolute atomic E-state index is 12.6. The van der Waals surface area contributed by atoms with Crippen molar-refractivity contribution >= 4 is 17.9 Å². The monoisotopic (exact) mass is 498 g/mol. The van der Waals surface area contributed by atoms with Gasteiger partial charge in [-0.2, -0.15) is 0 Å². The van der Waals surface area contributed by atoms with E-state index in [1.165, 1.54) is 12.1 Å². The fourth-order valence-corrected chi connectivity index (χ4v) is 3.22. The molecule has 0 spiro atoms. The van der Waals surface area contributed by atoms with Gasteiger partial charge < -0.3 is 24.1 Å². The van der Waals surface area contributed by atoms with Crippen molar-refractivity contribution in [2.24, 2.45) is 0 Å². The number of benzene rings is 2. The molecule has 0 fully saturated rings. The topological polar surface area (TPSA) is 108 Å². The Morgan fingerprint density at radius 3 is 2.19 bits per heavy atom. The van der Waals surface area contributed by atoms with Crippen LogP contribution in [0, 0.1) is 0 Å². The maximum Gasteiger partial charge on any atom is 0.343 e. The second kappa shape index (κ2) is 16.0. The summed E-state index contributed by atoms with van der Waals surface area (Å²) in [5, 5.41) is 10.8. The first-order valence-corrected chi connectivity index (χ1v) is 12.2. The van der Waals surface area contributed by atoms with Crippen LogP contribution < -0.4 is 9.47 Å². The zero-order valence-electron chi connectivity index (χ0n) is 20.7. The van der Waals surface area contributed by atoms with Crippen molar-refractivity contribution in [2.45, 2.75) is 51.9 Å². The molecule has 8 heteroatoms. The molecule has 0 saturated carbocycles. The van der Waals surface area contributed by atoms with Crippen molar-refractivity contribution in [3.8, 4) is 17.2 Å². The molecule has 2 aromatic rings. The van der Waals surface area contributed by atoms with Crippen LogP contribution in [0.1, 0.15) is 72.6 Å². The van der Waals surface area contributed by atoms with Crippen molar-refractivity contribution in [2.75, 3.05) is 19.8 Å². The van der Waals surface area contributed by atoms with E-state index in [1.54, 1.807) is 30.3 Å². The Hall–Kier alpha value is -3.81. The standard InChI is InChI=1S/C28H34O8/c1-3-5-11-20-35-28(32)22-16-17-23(33-18-12-6-7-13-19-34-24(29)4-2)26(25(22)30)36-27(31)21-14-9-8-10-15-21/h4,8-10,14-17,30H,2-3,5-7,11-13,18-20H2,1H3. The summed E-state index contributed by atoms with van der Waals surface area (Å²) in [5.41, 5.74) is 0.177. The minimum absolute atomic E-state index is 0.108. The van der Waals surface area contributed by atoms with E-state index < -0.39 is 23.7 Å². The van der Waals surface area contributed by atoms with Gasteiger partial charge in [0.25, 0.3) is 0 Å². The van der Waals surface area contributed by atoms with Crippen molar-refractivity contribution < 1.29 is 38.4 Å². The molecular formula is C28H34O8. The molecule has 8 nitrogen and oxygen atoms in total. The fourth-order valence-electron chi connectivity index (χ4n) is 3.22. The summed E-state index contributed by atoms with van der Waals surface area (Å²) in [7, 11) is 0. The smallest absolute Gasteiger partial charge is 0.343 e. The van der Waals surface area contributed by atoms with Gasteiger partial charge in [0.05, 0.1) is 25.4 Å². The molecule has 36 heavy (non-hydrogen) atoms. The molecule has 0 heterocycles. The first-order valence-electron chi connectivity index (χ1n) is 12.2. The number of unbranched alkanes of at least 4 members (excludes halogenated alkanes) is 5. The van der Waals surface area contributed by atoms with Crippen molar-refractivity contribution in [3.05, 3.63) is 66.2 Å². The van der Waals surface area contributed by atoms with E-state index in [2.05, 4.69) is 6.58 Å². The lowest BCUT2D eigenvalue weighted by atomic mass is 10.1. The summed E-state index contributed by atoms with van der Waals surface area (Å²) in [5.74, 6) is -2.45. The van der Waals surface area contributed by atoms with Crippen LogP contribution in [0.25, 0.3) is 0 Å². The van der Waals surface area contributed by atoms with E-state index in [4.69, 9.17) is 18.9 Å². The zero-order valence-corrected chi connectivity index (χ0v) is 20.7. The van der Waals surface area contributed by atoms with Gasteiger partial charge in [0.15, 0.2) is 11.5 Å². The molecule has 0 bridgehead atoms. The quantitative estimate of drug-likeness (QED) is 0.137. The lowest BCUT2D eigenvalue weighted by Crippen LogP contribution is -2.12. The molecule has 0 aliphatic carbocycles. The number of carbonyl (C=O) groups excluding carboxylic acids is 3. The molecular weight excluding hydrogens is 464 g/mol. The molecule has 0 unspecified atom stereocenters. The van der Waals surface area contributed by atoms with Gasteiger partial charge in [0.1, 0.15) is 5.56 Å². The van der Waals surface area contributed by atoms with E-state index in [0.29, 0.717) is 19.6 Å². The molecule has 2 aromatic carbocycles. The Bertz CT molecular complexity index is 1000. The third kappa shape index (κ3) is 9.44. The Labute approximate surface area is 211 Å². The fraction of sp³-hybridized carbons (Fsp3) is 0.393. The normalized spacial score (nSPS) is 10.4. The van der Waals surface area contributed by atoms with Gasteiger partial charge in [-0.25, -0.2) is 14.4 Å². The molecule has 194 valence electrons. The molecule has 0 atom stereocenters. The van der Waals surface area contributed by atoms with Crippen LogP contribution in [0.5, 0.6) is 17.2 Å². The third-order valence-electron chi connectivity index (χ3n) is 5.21. The Kier molecular flexibility index (Phi) is 12.6. The van der Waals surface area contributed by atoms with Gasteiger partial charge in [-0.1, -0.05) is 44.5 Å².